The summed E-state index contributed by atoms with van der Waals surface area (Å²) in [7, 11) is 3.38. The largest absolute Gasteiger partial charge is 0.495 e. The average molecular weight is 333 g/mol. The number of hydrogen-bond acceptors (Lipinski definition) is 5. The Kier molecular flexibility index (Phi) is 5.71. The summed E-state index contributed by atoms with van der Waals surface area (Å²) < 4.78 is 10.6. The van der Waals surface area contributed by atoms with Crippen LogP contribution in [0.15, 0.2) is 24.3 Å². The number of anilines is 1. The standard InChI is InChI=1S/C18H27N3O3/c1-23-14-13-19-9-11-20(12-10-19)16-7-8-21(18(16)22)15-5-3-4-6-17(15)24-2/h3-6,16H,7-14H2,1-2H3. The Morgan fingerprint density at radius 1 is 1.08 bits per heavy atom. The first-order valence-electron chi connectivity index (χ1n) is 8.64. The summed E-state index contributed by atoms with van der Waals surface area (Å²) in [4.78, 5) is 19.5. The molecule has 0 spiro atoms. The first-order valence-corrected chi connectivity index (χ1v) is 8.64. The summed E-state index contributed by atoms with van der Waals surface area (Å²) >= 11 is 0. The normalized spacial score (nSPS) is 23.0. The number of carbonyl (C=O) groups is 1. The molecule has 6 nitrogen and oxygen atoms in total. The lowest BCUT2D eigenvalue weighted by Gasteiger charge is -2.37. The molecule has 6 heteroatoms. The molecule has 0 aromatic heterocycles. The molecule has 2 aliphatic rings. The van der Waals surface area contributed by atoms with Crippen molar-refractivity contribution in [3.8, 4) is 5.75 Å². The van der Waals surface area contributed by atoms with Gasteiger partial charge in [-0.05, 0) is 18.6 Å². The van der Waals surface area contributed by atoms with Crippen molar-refractivity contribution in [2.24, 2.45) is 0 Å². The van der Waals surface area contributed by atoms with Crippen molar-refractivity contribution in [2.45, 2.75) is 12.5 Å². The maximum Gasteiger partial charge on any atom is 0.244 e. The van der Waals surface area contributed by atoms with Gasteiger partial charge in [-0.25, -0.2) is 0 Å². The molecule has 2 aliphatic heterocycles. The highest BCUT2D eigenvalue weighted by Gasteiger charge is 2.38. The second kappa shape index (κ2) is 7.96. The Labute approximate surface area is 143 Å². The number of benzene rings is 1. The number of amides is 1. The van der Waals surface area contributed by atoms with Crippen LogP contribution in [0.4, 0.5) is 5.69 Å². The summed E-state index contributed by atoms with van der Waals surface area (Å²) in [6.07, 6.45) is 0.884. The highest BCUT2D eigenvalue weighted by atomic mass is 16.5. The highest BCUT2D eigenvalue weighted by Crippen LogP contribution is 2.32. The van der Waals surface area contributed by atoms with Crippen LogP contribution in [0.5, 0.6) is 5.75 Å². The Balaban J connectivity index is 1.61. The Morgan fingerprint density at radius 2 is 1.83 bits per heavy atom. The Morgan fingerprint density at radius 3 is 2.54 bits per heavy atom. The van der Waals surface area contributed by atoms with E-state index in [4.69, 9.17) is 9.47 Å². The fourth-order valence-corrected chi connectivity index (χ4v) is 3.61. The van der Waals surface area contributed by atoms with E-state index in [2.05, 4.69) is 9.80 Å². The van der Waals surface area contributed by atoms with E-state index < -0.39 is 0 Å². The zero-order chi connectivity index (χ0) is 16.9. The maximum atomic E-state index is 12.9. The number of ether oxygens (including phenoxy) is 2. The first-order chi connectivity index (χ1) is 11.7. The van der Waals surface area contributed by atoms with Gasteiger partial charge in [-0.2, -0.15) is 0 Å². The van der Waals surface area contributed by atoms with Crippen LogP contribution in [0.25, 0.3) is 0 Å². The van der Waals surface area contributed by atoms with Gasteiger partial charge in [0.1, 0.15) is 5.75 Å². The average Bonchev–Trinajstić information content (AvgIpc) is 3.01. The monoisotopic (exact) mass is 333 g/mol. The predicted molar refractivity (Wildman–Crippen MR) is 93.6 cm³/mol. The lowest BCUT2D eigenvalue weighted by molar-refractivity contribution is -0.122. The maximum absolute atomic E-state index is 12.9. The van der Waals surface area contributed by atoms with Gasteiger partial charge in [0, 0.05) is 46.4 Å². The molecule has 2 heterocycles. The van der Waals surface area contributed by atoms with Crippen molar-refractivity contribution in [1.82, 2.24) is 9.80 Å². The van der Waals surface area contributed by atoms with Crippen molar-refractivity contribution in [3.63, 3.8) is 0 Å². The van der Waals surface area contributed by atoms with Gasteiger partial charge in [-0.3, -0.25) is 14.6 Å². The Hall–Kier alpha value is -1.63. The van der Waals surface area contributed by atoms with E-state index in [1.807, 2.05) is 29.2 Å². The van der Waals surface area contributed by atoms with Gasteiger partial charge in [0.15, 0.2) is 0 Å². The lowest BCUT2D eigenvalue weighted by atomic mass is 10.2. The van der Waals surface area contributed by atoms with Crippen LogP contribution in [0.1, 0.15) is 6.42 Å². The number of nitrogens with zero attached hydrogens (tertiary/aromatic N) is 3. The fourth-order valence-electron chi connectivity index (χ4n) is 3.61. The zero-order valence-electron chi connectivity index (χ0n) is 14.6. The van der Waals surface area contributed by atoms with Crippen LogP contribution >= 0.6 is 0 Å². The second-order valence-corrected chi connectivity index (χ2v) is 6.34. The summed E-state index contributed by atoms with van der Waals surface area (Å²) in [5.74, 6) is 0.959. The minimum atomic E-state index is -0.000475. The van der Waals surface area contributed by atoms with Gasteiger partial charge in [0.05, 0.1) is 25.4 Å². The third-order valence-electron chi connectivity index (χ3n) is 5.01. The van der Waals surface area contributed by atoms with Crippen molar-refractivity contribution >= 4 is 11.6 Å². The van der Waals surface area contributed by atoms with Gasteiger partial charge >= 0.3 is 0 Å². The van der Waals surface area contributed by atoms with Crippen molar-refractivity contribution in [1.29, 1.82) is 0 Å². The quantitative estimate of drug-likeness (QED) is 0.779. The number of carbonyl (C=O) groups excluding carboxylic acids is 1. The summed E-state index contributed by atoms with van der Waals surface area (Å²) in [6, 6.07) is 7.75. The molecule has 0 bridgehead atoms. The fraction of sp³-hybridized carbons (Fsp3) is 0.611. The highest BCUT2D eigenvalue weighted by molar-refractivity contribution is 6.00. The summed E-state index contributed by atoms with van der Waals surface area (Å²) in [5, 5.41) is 0. The molecule has 0 radical (unpaired) electrons. The molecule has 3 rings (SSSR count). The molecule has 0 N–H and O–H groups in total. The summed E-state index contributed by atoms with van der Waals surface area (Å²) in [5.41, 5.74) is 0.881. The van der Waals surface area contributed by atoms with Crippen LogP contribution in [-0.2, 0) is 9.53 Å². The number of methoxy groups -OCH3 is 2. The van der Waals surface area contributed by atoms with Crippen LogP contribution in [0.2, 0.25) is 0 Å². The molecule has 1 aromatic carbocycles. The minimum absolute atomic E-state index is 0.000475. The molecule has 1 aromatic rings. The van der Waals surface area contributed by atoms with Gasteiger partial charge in [-0.1, -0.05) is 12.1 Å². The second-order valence-electron chi connectivity index (χ2n) is 6.34. The van der Waals surface area contributed by atoms with E-state index in [1.54, 1.807) is 14.2 Å². The molecular weight excluding hydrogens is 306 g/mol. The first kappa shape index (κ1) is 17.2. The molecule has 132 valence electrons. The van der Waals surface area contributed by atoms with Gasteiger partial charge in [0.25, 0.3) is 0 Å². The molecule has 0 saturated carbocycles. The van der Waals surface area contributed by atoms with E-state index in [0.29, 0.717) is 0 Å². The predicted octanol–water partition coefficient (Wildman–Crippen LogP) is 1.06. The van der Waals surface area contributed by atoms with E-state index in [9.17, 15) is 4.79 Å². The van der Waals surface area contributed by atoms with Crippen molar-refractivity contribution in [2.75, 3.05) is 65.0 Å². The molecule has 24 heavy (non-hydrogen) atoms. The lowest BCUT2D eigenvalue weighted by Crippen LogP contribution is -2.53. The molecule has 1 atom stereocenters. The van der Waals surface area contributed by atoms with Crippen LogP contribution in [0, 0.1) is 0 Å². The van der Waals surface area contributed by atoms with Gasteiger partial charge in [0.2, 0.25) is 5.91 Å². The van der Waals surface area contributed by atoms with Gasteiger partial charge < -0.3 is 14.4 Å². The summed E-state index contributed by atoms with van der Waals surface area (Å²) in [6.45, 7) is 6.39. The number of para-hydroxylation sites is 2. The Bertz CT molecular complexity index is 558. The van der Waals surface area contributed by atoms with E-state index in [1.165, 1.54) is 0 Å². The van der Waals surface area contributed by atoms with Crippen LogP contribution in [0.3, 0.4) is 0 Å². The van der Waals surface area contributed by atoms with Crippen molar-refractivity contribution < 1.29 is 14.3 Å². The SMILES string of the molecule is COCCN1CCN(C2CCN(c3ccccc3OC)C2=O)CC1. The molecule has 2 saturated heterocycles. The van der Waals surface area contributed by atoms with E-state index in [0.717, 1.165) is 63.7 Å². The van der Waals surface area contributed by atoms with Crippen LogP contribution in [-0.4, -0.2) is 81.8 Å². The van der Waals surface area contributed by atoms with E-state index in [-0.39, 0.29) is 11.9 Å². The molecule has 1 amide bonds. The van der Waals surface area contributed by atoms with E-state index >= 15 is 0 Å². The van der Waals surface area contributed by atoms with Crippen LogP contribution < -0.4 is 9.64 Å². The minimum Gasteiger partial charge on any atom is -0.495 e. The molecule has 2 fully saturated rings. The zero-order valence-corrected chi connectivity index (χ0v) is 14.6. The van der Waals surface area contributed by atoms with Crippen molar-refractivity contribution in [3.05, 3.63) is 24.3 Å². The number of rotatable bonds is 6. The third-order valence-corrected chi connectivity index (χ3v) is 5.01. The molecule has 1 unspecified atom stereocenters. The topological polar surface area (TPSA) is 45.2 Å². The third kappa shape index (κ3) is 3.55. The molecule has 0 aliphatic carbocycles. The number of piperazine rings is 1. The molecular formula is C18H27N3O3. The van der Waals surface area contributed by atoms with Gasteiger partial charge in [-0.15, -0.1) is 0 Å². The smallest absolute Gasteiger partial charge is 0.244 e. The number of hydrogen-bond donors (Lipinski definition) is 0.